The van der Waals surface area contributed by atoms with Crippen molar-refractivity contribution >= 4 is 67.5 Å². The molecule has 0 saturated carbocycles. The molecule has 0 radical (unpaired) electrons. The summed E-state index contributed by atoms with van der Waals surface area (Å²) in [6, 6.07) is 3.31. The number of rotatable bonds is 14. The van der Waals surface area contributed by atoms with Crippen LogP contribution in [0.2, 0.25) is 0 Å². The van der Waals surface area contributed by atoms with E-state index in [2.05, 4.69) is 51.4 Å². The maximum Gasteiger partial charge on any atom is 0.481 e. The molecular formula is C27H36N9O15P2S+. The number of aromatic amines is 2. The minimum Gasteiger partial charge on any atom is -0.412 e. The summed E-state index contributed by atoms with van der Waals surface area (Å²) in [5, 5.41) is 42.6. The van der Waals surface area contributed by atoms with Crippen LogP contribution in [0, 0.1) is 6.92 Å². The molecular weight excluding hydrogens is 784 g/mol. The van der Waals surface area contributed by atoms with Gasteiger partial charge in [-0.25, -0.2) is 38.4 Å². The molecule has 1 fully saturated rings. The molecule has 1 saturated heterocycles. The van der Waals surface area contributed by atoms with Gasteiger partial charge in [0.25, 0.3) is 5.56 Å². The Balaban J connectivity index is 0.00000561. The van der Waals surface area contributed by atoms with Crippen LogP contribution in [0.15, 0.2) is 34.4 Å². The Morgan fingerprint density at radius 3 is 2.54 bits per heavy atom. The maximum atomic E-state index is 12.6. The van der Waals surface area contributed by atoms with Gasteiger partial charge in [-0.05, 0) is 30.2 Å². The van der Waals surface area contributed by atoms with Crippen LogP contribution < -0.4 is 21.5 Å². The van der Waals surface area contributed by atoms with Gasteiger partial charge in [0.05, 0.1) is 25.6 Å². The zero-order valence-corrected chi connectivity index (χ0v) is 30.5. The minimum atomic E-state index is -5.49. The minimum absolute atomic E-state index is 0. The number of hydrogen-bond acceptors (Lipinski definition) is 18. The lowest BCUT2D eigenvalue weighted by atomic mass is 10.1. The van der Waals surface area contributed by atoms with Gasteiger partial charge in [-0.2, -0.15) is 21.9 Å². The lowest BCUT2D eigenvalue weighted by molar-refractivity contribution is -0.657. The first-order valence-corrected chi connectivity index (χ1v) is 19.2. The number of imidazole rings is 1. The molecule has 1 aromatic carbocycles. The van der Waals surface area contributed by atoms with E-state index >= 15 is 0 Å². The van der Waals surface area contributed by atoms with Gasteiger partial charge >= 0.3 is 27.0 Å². The van der Waals surface area contributed by atoms with Crippen LogP contribution in [0.5, 0.6) is 0 Å². The van der Waals surface area contributed by atoms with E-state index in [-0.39, 0.29) is 34.4 Å². The summed E-state index contributed by atoms with van der Waals surface area (Å²) >= 11 is 4.31. The number of aliphatic hydroxyl groups excluding tert-OH is 4. The first-order chi connectivity index (χ1) is 25.0. The summed E-state index contributed by atoms with van der Waals surface area (Å²) in [6.45, 7) is -0.747. The van der Waals surface area contributed by atoms with Crippen molar-refractivity contribution in [3.8, 4) is 0 Å². The van der Waals surface area contributed by atoms with Crippen molar-refractivity contribution < 1.29 is 67.5 Å². The standard InChI is InChI=1S/C27H33N9O14P2S.H2O/c1-11-2-13-14(3-12(11)8-53)35(25-21(32-13)26(41)34-27(42)33-25)5-16(38)22(40)17(39)6-47-51(43,44)50-52(45,46)48-7-18-15(37)4-19(49-18)36-10-31-20-23(28)29-9-30-24(20)36;/h2-3,9-10,15-19,22,37-40H,4-8H2,1H3,(H6,28,29,30,34,41,42,43,44,45,46,53);1H2/p+1/t15-,16-,17+,18+,19+,22-;/m0./s1. The summed E-state index contributed by atoms with van der Waals surface area (Å²) in [7, 11) is -10.9. The number of nitrogens with two attached hydrogens (primary N) is 1. The van der Waals surface area contributed by atoms with Gasteiger partial charge in [-0.1, -0.05) is 0 Å². The molecule has 27 heteroatoms. The number of nitrogens with one attached hydrogen (secondary N) is 2. The number of phosphoric acid groups is 2. The number of aliphatic hydroxyl groups is 4. The third-order valence-electron chi connectivity index (χ3n) is 8.37. The topological polar surface area (TPSA) is 376 Å². The van der Waals surface area contributed by atoms with Crippen molar-refractivity contribution in [3.05, 3.63) is 56.8 Å². The Morgan fingerprint density at radius 1 is 1.09 bits per heavy atom. The molecule has 2 unspecified atom stereocenters. The number of phosphoric ester groups is 2. The highest BCUT2D eigenvalue weighted by Crippen LogP contribution is 2.60. The number of anilines is 1. The van der Waals surface area contributed by atoms with E-state index in [1.54, 1.807) is 19.1 Å². The molecule has 294 valence electrons. The van der Waals surface area contributed by atoms with E-state index in [0.717, 1.165) is 11.1 Å². The normalized spacial score (nSPS) is 21.4. The second-order valence-corrected chi connectivity index (χ2v) is 15.4. The van der Waals surface area contributed by atoms with Crippen molar-refractivity contribution in [2.45, 2.75) is 62.4 Å². The van der Waals surface area contributed by atoms with Gasteiger partial charge < -0.3 is 46.2 Å². The summed E-state index contributed by atoms with van der Waals surface area (Å²) in [6.07, 6.45) is -6.80. The molecule has 0 spiro atoms. The third-order valence-corrected chi connectivity index (χ3v) is 11.3. The third kappa shape index (κ3) is 8.69. The molecule has 6 rings (SSSR count). The van der Waals surface area contributed by atoms with Gasteiger partial charge in [0.2, 0.25) is 5.52 Å². The molecule has 8 atom stereocenters. The van der Waals surface area contributed by atoms with E-state index in [9.17, 15) is 48.9 Å². The maximum absolute atomic E-state index is 12.6. The van der Waals surface area contributed by atoms with Crippen LogP contribution in [-0.4, -0.2) is 114 Å². The number of thiol groups is 1. The number of H-pyrrole nitrogens is 2. The fraction of sp³-hybridized carbons (Fsp3) is 0.444. The molecule has 4 aromatic heterocycles. The van der Waals surface area contributed by atoms with Crippen LogP contribution in [0.3, 0.4) is 0 Å². The van der Waals surface area contributed by atoms with Crippen LogP contribution >= 0.6 is 28.3 Å². The number of fused-ring (bicyclic) bond motifs is 3. The predicted molar refractivity (Wildman–Crippen MR) is 187 cm³/mol. The van der Waals surface area contributed by atoms with Crippen molar-refractivity contribution in [1.82, 2.24) is 34.5 Å². The van der Waals surface area contributed by atoms with Crippen molar-refractivity contribution in [3.63, 3.8) is 0 Å². The zero-order chi connectivity index (χ0) is 38.4. The van der Waals surface area contributed by atoms with Crippen LogP contribution in [0.4, 0.5) is 5.82 Å². The van der Waals surface area contributed by atoms with Gasteiger partial charge in [0.15, 0.2) is 17.0 Å². The Kier molecular flexibility index (Phi) is 12.4. The first-order valence-electron chi connectivity index (χ1n) is 15.5. The average Bonchev–Trinajstić information content (AvgIpc) is 3.69. The lowest BCUT2D eigenvalue weighted by Gasteiger charge is -2.24. The van der Waals surface area contributed by atoms with Crippen LogP contribution in [0.25, 0.3) is 33.4 Å². The fourth-order valence-electron chi connectivity index (χ4n) is 5.68. The molecule has 12 N–H and O–H groups in total. The van der Waals surface area contributed by atoms with Gasteiger partial charge in [-0.3, -0.25) is 23.4 Å². The molecule has 1 aliphatic rings. The van der Waals surface area contributed by atoms with E-state index in [1.165, 1.54) is 21.8 Å². The molecule has 1 aliphatic heterocycles. The van der Waals surface area contributed by atoms with Crippen molar-refractivity contribution in [2.24, 2.45) is 0 Å². The van der Waals surface area contributed by atoms with Gasteiger partial charge in [-0.15, -0.1) is 0 Å². The Bertz CT molecular complexity index is 2400. The molecule has 0 amide bonds. The molecule has 54 heavy (non-hydrogen) atoms. The summed E-state index contributed by atoms with van der Waals surface area (Å²) in [4.78, 5) is 65.8. The Hall–Kier alpha value is -3.78. The van der Waals surface area contributed by atoms with E-state index < -0.39 is 83.4 Å². The van der Waals surface area contributed by atoms with Gasteiger partial charge in [0.1, 0.15) is 54.5 Å². The zero-order valence-electron chi connectivity index (χ0n) is 27.9. The molecule has 0 bridgehead atoms. The quantitative estimate of drug-likeness (QED) is 0.0237. The van der Waals surface area contributed by atoms with Crippen molar-refractivity contribution in [1.29, 1.82) is 0 Å². The highest BCUT2D eigenvalue weighted by molar-refractivity contribution is 7.79. The van der Waals surface area contributed by atoms with E-state index in [4.69, 9.17) is 15.0 Å². The molecule has 0 aliphatic carbocycles. The number of nitrogens with zero attached hydrogens (tertiary/aromatic N) is 6. The fourth-order valence-corrected chi connectivity index (χ4v) is 8.12. The Morgan fingerprint density at radius 2 is 1.81 bits per heavy atom. The summed E-state index contributed by atoms with van der Waals surface area (Å²) in [5.74, 6) is 0.413. The monoisotopic (exact) mass is 820 g/mol. The molecule has 24 nitrogen and oxygen atoms in total. The number of aromatic nitrogens is 8. The summed E-state index contributed by atoms with van der Waals surface area (Å²) in [5.41, 5.74) is 6.49. The van der Waals surface area contributed by atoms with Gasteiger partial charge in [0, 0.05) is 12.2 Å². The SMILES string of the molecule is Cc1cc2nc3c(=O)[nH]c(=O)[nH]c3[n+](C[C@H](O)[C@H](O)[C@H](O)COP(=O)(O)OP(=O)(O)OC[C@H]3O[C@@H](n4cnc5c(N)ncnc54)C[C@@H]3O)c2cc1CS.O. The number of aryl methyl sites for hydroxylation is 1. The molecule has 5 aromatic rings. The lowest BCUT2D eigenvalue weighted by Crippen LogP contribution is -2.51. The highest BCUT2D eigenvalue weighted by atomic mass is 32.1. The first kappa shape index (κ1) is 41.4. The number of hydrogen-bond donors (Lipinski definition) is 10. The number of nitrogen functional groups attached to an aromatic ring is 1. The summed E-state index contributed by atoms with van der Waals surface area (Å²) < 4.78 is 47.2. The van der Waals surface area contributed by atoms with E-state index in [1.807, 2.05) is 0 Å². The number of benzene rings is 1. The second-order valence-electron chi connectivity index (χ2n) is 12.0. The largest absolute Gasteiger partial charge is 0.481 e. The van der Waals surface area contributed by atoms with Crippen molar-refractivity contribution in [2.75, 3.05) is 18.9 Å². The van der Waals surface area contributed by atoms with Crippen LogP contribution in [0.1, 0.15) is 23.8 Å². The smallest absolute Gasteiger partial charge is 0.412 e. The second kappa shape index (κ2) is 16.1. The average molecular weight is 821 g/mol. The highest BCUT2D eigenvalue weighted by Gasteiger charge is 2.41. The molecule has 5 heterocycles. The van der Waals surface area contributed by atoms with E-state index in [0.29, 0.717) is 22.4 Å². The predicted octanol–water partition coefficient (Wildman–Crippen LogP) is -2.63. The Labute approximate surface area is 307 Å². The number of ether oxygens (including phenoxy) is 1. The van der Waals surface area contributed by atoms with Crippen LogP contribution in [-0.2, 0) is 39.5 Å².